The lowest BCUT2D eigenvalue weighted by Gasteiger charge is -2.37. The molecule has 1 aliphatic carbocycles. The van der Waals surface area contributed by atoms with Crippen molar-refractivity contribution in [1.29, 1.82) is 0 Å². The minimum Gasteiger partial charge on any atom is -0.389 e. The Bertz CT molecular complexity index is 477. The fourth-order valence-electron chi connectivity index (χ4n) is 3.86. The molecule has 2 aliphatic rings. The molecule has 23 heavy (non-hydrogen) atoms. The Morgan fingerprint density at radius 3 is 2.39 bits per heavy atom. The molecule has 0 aromatic heterocycles. The van der Waals surface area contributed by atoms with Crippen molar-refractivity contribution in [2.45, 2.75) is 63.1 Å². The third-order valence-corrected chi connectivity index (χ3v) is 5.66. The maximum atomic E-state index is 10.6. The van der Waals surface area contributed by atoms with Crippen LogP contribution in [0.15, 0.2) is 24.3 Å². The predicted molar refractivity (Wildman–Crippen MR) is 95.8 cm³/mol. The van der Waals surface area contributed by atoms with Gasteiger partial charge in [-0.1, -0.05) is 43.0 Å². The molecule has 2 fully saturated rings. The van der Waals surface area contributed by atoms with Crippen molar-refractivity contribution in [2.24, 2.45) is 0 Å². The first kappa shape index (κ1) is 17.2. The molecule has 3 rings (SSSR count). The zero-order chi connectivity index (χ0) is 16.1. The van der Waals surface area contributed by atoms with Crippen LogP contribution < -0.4 is 5.32 Å². The Hall–Kier alpha value is -0.610. The fourth-order valence-corrected chi connectivity index (χ4v) is 3.99. The number of likely N-dealkylation sites (tertiary alicyclic amines) is 1. The number of hydrogen-bond donors (Lipinski definition) is 2. The van der Waals surface area contributed by atoms with Crippen LogP contribution in [0.2, 0.25) is 5.02 Å². The second kappa shape index (κ2) is 7.98. The van der Waals surface area contributed by atoms with Crippen molar-refractivity contribution in [3.8, 4) is 0 Å². The van der Waals surface area contributed by atoms with Gasteiger partial charge in [0, 0.05) is 24.2 Å². The fraction of sp³-hybridized carbons (Fsp3) is 0.684. The molecule has 4 heteroatoms. The SMILES string of the molecule is OC1(CNC2CCN(Cc3ccc(Cl)cc3)CC2)CCCCC1. The van der Waals surface area contributed by atoms with E-state index in [0.717, 1.165) is 44.0 Å². The van der Waals surface area contributed by atoms with Gasteiger partial charge < -0.3 is 10.4 Å². The zero-order valence-corrected chi connectivity index (χ0v) is 14.7. The molecular weight excluding hydrogens is 308 g/mol. The highest BCUT2D eigenvalue weighted by Gasteiger charge is 2.30. The van der Waals surface area contributed by atoms with Crippen LogP contribution in [-0.2, 0) is 6.54 Å². The Labute approximate surface area is 145 Å². The molecule has 3 nitrogen and oxygen atoms in total. The molecule has 0 spiro atoms. The Kier molecular flexibility index (Phi) is 5.97. The largest absolute Gasteiger partial charge is 0.389 e. The van der Waals surface area contributed by atoms with Gasteiger partial charge in [-0.3, -0.25) is 4.90 Å². The molecule has 128 valence electrons. The summed E-state index contributed by atoms with van der Waals surface area (Å²) in [5.41, 5.74) is 0.885. The van der Waals surface area contributed by atoms with Crippen LogP contribution in [0.4, 0.5) is 0 Å². The van der Waals surface area contributed by atoms with Crippen LogP contribution >= 0.6 is 11.6 Å². The molecule has 0 radical (unpaired) electrons. The van der Waals surface area contributed by atoms with E-state index in [-0.39, 0.29) is 0 Å². The Morgan fingerprint density at radius 2 is 1.74 bits per heavy atom. The third kappa shape index (κ3) is 5.18. The molecule has 0 bridgehead atoms. The van der Waals surface area contributed by atoms with Gasteiger partial charge in [-0.15, -0.1) is 0 Å². The molecule has 0 atom stereocenters. The van der Waals surface area contributed by atoms with Gasteiger partial charge in [-0.2, -0.15) is 0 Å². The molecule has 1 saturated carbocycles. The summed E-state index contributed by atoms with van der Waals surface area (Å²) >= 11 is 5.94. The minimum atomic E-state index is -0.446. The Morgan fingerprint density at radius 1 is 1.09 bits per heavy atom. The second-order valence-electron chi connectivity index (χ2n) is 7.34. The highest BCUT2D eigenvalue weighted by Crippen LogP contribution is 2.27. The quantitative estimate of drug-likeness (QED) is 0.862. The molecule has 1 aliphatic heterocycles. The molecule has 1 aromatic rings. The first-order chi connectivity index (χ1) is 11.1. The summed E-state index contributed by atoms with van der Waals surface area (Å²) in [5.74, 6) is 0. The first-order valence-corrected chi connectivity index (χ1v) is 9.43. The number of hydrogen-bond acceptors (Lipinski definition) is 3. The van der Waals surface area contributed by atoms with Gasteiger partial charge in [0.15, 0.2) is 0 Å². The van der Waals surface area contributed by atoms with Gasteiger partial charge in [-0.25, -0.2) is 0 Å². The number of aliphatic hydroxyl groups is 1. The molecule has 0 amide bonds. The summed E-state index contributed by atoms with van der Waals surface area (Å²) in [4.78, 5) is 2.51. The van der Waals surface area contributed by atoms with Crippen molar-refractivity contribution in [3.63, 3.8) is 0 Å². The van der Waals surface area contributed by atoms with Crippen LogP contribution in [0.25, 0.3) is 0 Å². The van der Waals surface area contributed by atoms with E-state index in [1.807, 2.05) is 12.1 Å². The smallest absolute Gasteiger partial charge is 0.0771 e. The van der Waals surface area contributed by atoms with Gasteiger partial charge in [0.25, 0.3) is 0 Å². The van der Waals surface area contributed by atoms with E-state index in [1.165, 1.54) is 37.7 Å². The summed E-state index contributed by atoms with van der Waals surface area (Å²) in [6, 6.07) is 8.73. The normalized spacial score (nSPS) is 23.0. The molecular formula is C19H29ClN2O. The number of benzene rings is 1. The lowest BCUT2D eigenvalue weighted by Crippen LogP contribution is -2.49. The monoisotopic (exact) mass is 336 g/mol. The van der Waals surface area contributed by atoms with E-state index in [2.05, 4.69) is 22.3 Å². The third-order valence-electron chi connectivity index (χ3n) is 5.41. The predicted octanol–water partition coefficient (Wildman–Crippen LogP) is 3.59. The van der Waals surface area contributed by atoms with Gasteiger partial charge in [-0.05, 0) is 56.5 Å². The highest BCUT2D eigenvalue weighted by molar-refractivity contribution is 6.30. The first-order valence-electron chi connectivity index (χ1n) is 9.06. The minimum absolute atomic E-state index is 0.446. The van der Waals surface area contributed by atoms with Gasteiger partial charge in [0.1, 0.15) is 0 Å². The van der Waals surface area contributed by atoms with Crippen LogP contribution in [0.1, 0.15) is 50.5 Å². The van der Waals surface area contributed by atoms with Crippen molar-refractivity contribution in [3.05, 3.63) is 34.9 Å². The van der Waals surface area contributed by atoms with Crippen LogP contribution in [0.3, 0.4) is 0 Å². The standard InChI is InChI=1S/C19H29ClN2O/c20-17-6-4-16(5-7-17)14-22-12-8-18(9-13-22)21-15-19(23)10-2-1-3-11-19/h4-7,18,21,23H,1-3,8-15H2. The van der Waals surface area contributed by atoms with Gasteiger partial charge >= 0.3 is 0 Å². The van der Waals surface area contributed by atoms with Gasteiger partial charge in [0.05, 0.1) is 5.60 Å². The maximum absolute atomic E-state index is 10.6. The molecule has 1 aromatic carbocycles. The number of piperidine rings is 1. The topological polar surface area (TPSA) is 35.5 Å². The van der Waals surface area contributed by atoms with Crippen molar-refractivity contribution < 1.29 is 5.11 Å². The average molecular weight is 337 g/mol. The van der Waals surface area contributed by atoms with E-state index in [9.17, 15) is 5.11 Å². The van der Waals surface area contributed by atoms with E-state index in [4.69, 9.17) is 11.6 Å². The number of halogens is 1. The summed E-state index contributed by atoms with van der Waals surface area (Å²) in [6.07, 6.45) is 7.92. The number of nitrogens with one attached hydrogen (secondary N) is 1. The van der Waals surface area contributed by atoms with E-state index in [1.54, 1.807) is 0 Å². The summed E-state index contributed by atoms with van der Waals surface area (Å²) in [5, 5.41) is 15.0. The van der Waals surface area contributed by atoms with Crippen molar-refractivity contribution >= 4 is 11.6 Å². The van der Waals surface area contributed by atoms with E-state index in [0.29, 0.717) is 6.04 Å². The second-order valence-corrected chi connectivity index (χ2v) is 7.78. The molecule has 1 heterocycles. The van der Waals surface area contributed by atoms with Crippen LogP contribution in [-0.4, -0.2) is 41.3 Å². The van der Waals surface area contributed by atoms with Crippen molar-refractivity contribution in [2.75, 3.05) is 19.6 Å². The molecule has 2 N–H and O–H groups in total. The molecule has 1 saturated heterocycles. The van der Waals surface area contributed by atoms with E-state index >= 15 is 0 Å². The average Bonchev–Trinajstić information content (AvgIpc) is 2.57. The summed E-state index contributed by atoms with van der Waals surface area (Å²) in [7, 11) is 0. The summed E-state index contributed by atoms with van der Waals surface area (Å²) in [6.45, 7) is 4.03. The van der Waals surface area contributed by atoms with Gasteiger partial charge in [0.2, 0.25) is 0 Å². The van der Waals surface area contributed by atoms with Crippen LogP contribution in [0.5, 0.6) is 0 Å². The maximum Gasteiger partial charge on any atom is 0.0771 e. The Balaban J connectivity index is 1.39. The lowest BCUT2D eigenvalue weighted by molar-refractivity contribution is 0.000669. The van der Waals surface area contributed by atoms with E-state index < -0.39 is 5.60 Å². The van der Waals surface area contributed by atoms with Crippen LogP contribution in [0, 0.1) is 0 Å². The molecule has 0 unspecified atom stereocenters. The lowest BCUT2D eigenvalue weighted by atomic mass is 9.84. The van der Waals surface area contributed by atoms with Crippen molar-refractivity contribution in [1.82, 2.24) is 10.2 Å². The number of nitrogens with zero attached hydrogens (tertiary/aromatic N) is 1. The summed E-state index contributed by atoms with van der Waals surface area (Å²) < 4.78 is 0. The zero-order valence-electron chi connectivity index (χ0n) is 13.9. The highest BCUT2D eigenvalue weighted by atomic mass is 35.5. The number of rotatable bonds is 5.